The van der Waals surface area contributed by atoms with Crippen molar-refractivity contribution in [3.63, 3.8) is 0 Å². The SMILES string of the molecule is Nc1occc1C(=O)N1CCCc2ccccc21. The van der Waals surface area contributed by atoms with E-state index in [4.69, 9.17) is 10.2 Å². The molecule has 2 N–H and O–H groups in total. The van der Waals surface area contributed by atoms with E-state index in [2.05, 4.69) is 6.07 Å². The average Bonchev–Trinajstić information content (AvgIpc) is 2.83. The number of para-hydroxylation sites is 1. The molecular weight excluding hydrogens is 228 g/mol. The van der Waals surface area contributed by atoms with Crippen LogP contribution in [-0.4, -0.2) is 12.5 Å². The van der Waals surface area contributed by atoms with Gasteiger partial charge in [-0.15, -0.1) is 0 Å². The van der Waals surface area contributed by atoms with Gasteiger partial charge in [-0.2, -0.15) is 0 Å². The van der Waals surface area contributed by atoms with Crippen molar-refractivity contribution in [1.29, 1.82) is 0 Å². The van der Waals surface area contributed by atoms with Crippen LogP contribution in [0.25, 0.3) is 0 Å². The number of nitrogens with two attached hydrogens (primary N) is 1. The number of hydrogen-bond donors (Lipinski definition) is 1. The largest absolute Gasteiger partial charge is 0.448 e. The Bertz CT molecular complexity index is 589. The Morgan fingerprint density at radius 1 is 1.28 bits per heavy atom. The molecule has 1 aliphatic rings. The van der Waals surface area contributed by atoms with Crippen molar-refractivity contribution in [1.82, 2.24) is 0 Å². The number of furan rings is 1. The molecule has 1 amide bonds. The van der Waals surface area contributed by atoms with Gasteiger partial charge in [0.05, 0.1) is 6.26 Å². The number of anilines is 2. The van der Waals surface area contributed by atoms with Gasteiger partial charge >= 0.3 is 0 Å². The number of benzene rings is 1. The number of nitrogens with zero attached hydrogens (tertiary/aromatic N) is 1. The first-order valence-electron chi connectivity index (χ1n) is 6.00. The maximum Gasteiger partial charge on any atom is 0.263 e. The molecule has 4 heteroatoms. The molecule has 0 fully saturated rings. The second-order valence-electron chi connectivity index (χ2n) is 4.39. The molecule has 0 saturated heterocycles. The molecule has 0 atom stereocenters. The van der Waals surface area contributed by atoms with Crippen LogP contribution in [0.3, 0.4) is 0 Å². The van der Waals surface area contributed by atoms with Crippen molar-refractivity contribution < 1.29 is 9.21 Å². The molecule has 0 radical (unpaired) electrons. The monoisotopic (exact) mass is 242 g/mol. The average molecular weight is 242 g/mol. The molecular formula is C14H14N2O2. The Morgan fingerprint density at radius 2 is 2.11 bits per heavy atom. The molecule has 2 aromatic rings. The van der Waals surface area contributed by atoms with Gasteiger partial charge in [-0.1, -0.05) is 18.2 Å². The molecule has 1 aromatic carbocycles. The zero-order valence-electron chi connectivity index (χ0n) is 9.93. The third-order valence-electron chi connectivity index (χ3n) is 3.28. The van der Waals surface area contributed by atoms with Crippen molar-refractivity contribution in [3.05, 3.63) is 47.7 Å². The Hall–Kier alpha value is -2.23. The molecule has 0 aliphatic carbocycles. The Labute approximate surface area is 105 Å². The lowest BCUT2D eigenvalue weighted by Crippen LogP contribution is -2.35. The van der Waals surface area contributed by atoms with Crippen molar-refractivity contribution in [2.45, 2.75) is 12.8 Å². The molecule has 2 heterocycles. The van der Waals surface area contributed by atoms with Crippen LogP contribution in [0.2, 0.25) is 0 Å². The molecule has 18 heavy (non-hydrogen) atoms. The van der Waals surface area contributed by atoms with Gasteiger partial charge in [0.15, 0.2) is 0 Å². The van der Waals surface area contributed by atoms with E-state index in [-0.39, 0.29) is 11.8 Å². The van der Waals surface area contributed by atoms with Gasteiger partial charge in [-0.05, 0) is 30.5 Å². The highest BCUT2D eigenvalue weighted by molar-refractivity contribution is 6.09. The number of carbonyl (C=O) groups excluding carboxylic acids is 1. The summed E-state index contributed by atoms with van der Waals surface area (Å²) >= 11 is 0. The van der Waals surface area contributed by atoms with Gasteiger partial charge in [0.25, 0.3) is 5.91 Å². The number of aryl methyl sites for hydroxylation is 1. The summed E-state index contributed by atoms with van der Waals surface area (Å²) in [5, 5.41) is 0. The van der Waals surface area contributed by atoms with Crippen molar-refractivity contribution >= 4 is 17.5 Å². The lowest BCUT2D eigenvalue weighted by molar-refractivity contribution is 0.0985. The highest BCUT2D eigenvalue weighted by atomic mass is 16.3. The van der Waals surface area contributed by atoms with Crippen molar-refractivity contribution in [2.75, 3.05) is 17.2 Å². The Kier molecular flexibility index (Phi) is 2.55. The fraction of sp³-hybridized carbons (Fsp3) is 0.214. The summed E-state index contributed by atoms with van der Waals surface area (Å²) in [6.07, 6.45) is 3.43. The van der Waals surface area contributed by atoms with Gasteiger partial charge < -0.3 is 15.1 Å². The van der Waals surface area contributed by atoms with Crippen molar-refractivity contribution in [3.8, 4) is 0 Å². The quantitative estimate of drug-likeness (QED) is 0.835. The molecule has 1 aromatic heterocycles. The molecule has 0 bridgehead atoms. The smallest absolute Gasteiger partial charge is 0.263 e. The first kappa shape index (κ1) is 10.9. The summed E-state index contributed by atoms with van der Waals surface area (Å²) < 4.78 is 4.99. The number of amides is 1. The van der Waals surface area contributed by atoms with Crippen LogP contribution in [0, 0.1) is 0 Å². The van der Waals surface area contributed by atoms with Crippen LogP contribution in [0.15, 0.2) is 41.0 Å². The first-order valence-corrected chi connectivity index (χ1v) is 6.00. The molecule has 4 nitrogen and oxygen atoms in total. The number of hydrogen-bond acceptors (Lipinski definition) is 3. The second kappa shape index (κ2) is 4.22. The Morgan fingerprint density at radius 3 is 2.89 bits per heavy atom. The van der Waals surface area contributed by atoms with Gasteiger partial charge in [-0.3, -0.25) is 4.79 Å². The molecule has 0 saturated carbocycles. The fourth-order valence-electron chi connectivity index (χ4n) is 2.39. The standard InChI is InChI=1S/C14H14N2O2/c15-13-11(7-9-18-13)14(17)16-8-3-5-10-4-1-2-6-12(10)16/h1-2,4,6-7,9H,3,5,8,15H2. The molecule has 0 spiro atoms. The summed E-state index contributed by atoms with van der Waals surface area (Å²) in [6, 6.07) is 9.60. The van der Waals surface area contributed by atoms with Crippen LogP contribution in [0.1, 0.15) is 22.3 Å². The summed E-state index contributed by atoms with van der Waals surface area (Å²) in [5.74, 6) is 0.0939. The van der Waals surface area contributed by atoms with E-state index in [1.54, 1.807) is 11.0 Å². The van der Waals surface area contributed by atoms with E-state index >= 15 is 0 Å². The fourth-order valence-corrected chi connectivity index (χ4v) is 2.39. The van der Waals surface area contributed by atoms with Gasteiger partial charge in [0.1, 0.15) is 5.56 Å². The van der Waals surface area contributed by atoms with Crippen molar-refractivity contribution in [2.24, 2.45) is 0 Å². The molecule has 0 unspecified atom stereocenters. The van der Waals surface area contributed by atoms with E-state index in [1.807, 2.05) is 18.2 Å². The summed E-state index contributed by atoms with van der Waals surface area (Å²) in [7, 11) is 0. The lowest BCUT2D eigenvalue weighted by Gasteiger charge is -2.29. The topological polar surface area (TPSA) is 59.5 Å². The normalized spacial score (nSPS) is 14.3. The minimum Gasteiger partial charge on any atom is -0.448 e. The number of nitrogen functional groups attached to an aromatic ring is 1. The van der Waals surface area contributed by atoms with E-state index in [0.717, 1.165) is 25.1 Å². The van der Waals surface area contributed by atoms with E-state index in [1.165, 1.54) is 11.8 Å². The van der Waals surface area contributed by atoms with Crippen LogP contribution in [0.5, 0.6) is 0 Å². The third-order valence-corrected chi connectivity index (χ3v) is 3.28. The summed E-state index contributed by atoms with van der Waals surface area (Å²) in [6.45, 7) is 0.723. The maximum absolute atomic E-state index is 12.4. The number of fused-ring (bicyclic) bond motifs is 1. The van der Waals surface area contributed by atoms with E-state index in [9.17, 15) is 4.79 Å². The summed E-state index contributed by atoms with van der Waals surface area (Å²) in [4.78, 5) is 14.2. The zero-order chi connectivity index (χ0) is 12.5. The van der Waals surface area contributed by atoms with Crippen LogP contribution >= 0.6 is 0 Å². The lowest BCUT2D eigenvalue weighted by atomic mass is 10.0. The predicted octanol–water partition coefficient (Wildman–Crippen LogP) is 2.45. The van der Waals surface area contributed by atoms with Gasteiger partial charge in [0.2, 0.25) is 5.88 Å². The van der Waals surface area contributed by atoms with Gasteiger partial charge in [-0.25, -0.2) is 0 Å². The van der Waals surface area contributed by atoms with Crippen LogP contribution < -0.4 is 10.6 Å². The zero-order valence-corrected chi connectivity index (χ0v) is 9.93. The van der Waals surface area contributed by atoms with Gasteiger partial charge in [0, 0.05) is 12.2 Å². The Balaban J connectivity index is 2.00. The van der Waals surface area contributed by atoms with Crippen LogP contribution in [0.4, 0.5) is 11.6 Å². The van der Waals surface area contributed by atoms with Crippen LogP contribution in [-0.2, 0) is 6.42 Å². The molecule has 92 valence electrons. The highest BCUT2D eigenvalue weighted by Crippen LogP contribution is 2.29. The highest BCUT2D eigenvalue weighted by Gasteiger charge is 2.25. The maximum atomic E-state index is 12.4. The number of carbonyl (C=O) groups is 1. The molecule has 1 aliphatic heterocycles. The minimum atomic E-state index is -0.0894. The third kappa shape index (κ3) is 1.66. The first-order chi connectivity index (χ1) is 8.77. The second-order valence-corrected chi connectivity index (χ2v) is 4.39. The predicted molar refractivity (Wildman–Crippen MR) is 69.6 cm³/mol. The minimum absolute atomic E-state index is 0.0894. The van der Waals surface area contributed by atoms with E-state index < -0.39 is 0 Å². The van der Waals surface area contributed by atoms with E-state index in [0.29, 0.717) is 5.56 Å². The molecule has 3 rings (SSSR count). The summed E-state index contributed by atoms with van der Waals surface area (Å²) in [5.41, 5.74) is 8.28. The number of rotatable bonds is 1.